The number of aromatic amines is 1. The number of rotatable bonds is 4. The number of halogens is 1. The first-order valence-corrected chi connectivity index (χ1v) is 11.7. The number of likely N-dealkylation sites (tertiary alicyclic amines) is 1. The van der Waals surface area contributed by atoms with E-state index in [4.69, 9.17) is 9.84 Å². The monoisotopic (exact) mass is 478 g/mol. The highest BCUT2D eigenvalue weighted by molar-refractivity contribution is 5.96. The van der Waals surface area contributed by atoms with Gasteiger partial charge in [-0.05, 0) is 60.7 Å². The highest BCUT2D eigenvalue weighted by atomic mass is 19.1. The van der Waals surface area contributed by atoms with Gasteiger partial charge < -0.3 is 24.6 Å². The smallest absolute Gasteiger partial charge is 0.320 e. The molecule has 35 heavy (non-hydrogen) atoms. The summed E-state index contributed by atoms with van der Waals surface area (Å²) in [6.45, 7) is 2.02. The number of ether oxygens (including phenoxy) is 1. The summed E-state index contributed by atoms with van der Waals surface area (Å²) in [5, 5.41) is 10.0. The zero-order valence-corrected chi connectivity index (χ0v) is 19.5. The summed E-state index contributed by atoms with van der Waals surface area (Å²) < 4.78 is 19.5. The number of aromatic nitrogens is 2. The van der Waals surface area contributed by atoms with Gasteiger partial charge in [-0.25, -0.2) is 14.2 Å². The maximum absolute atomic E-state index is 14.0. The number of carbonyl (C=O) groups is 2. The number of pyridine rings is 1. The minimum atomic E-state index is -0.783. The van der Waals surface area contributed by atoms with Crippen LogP contribution in [0.5, 0.6) is 5.75 Å². The lowest BCUT2D eigenvalue weighted by atomic mass is 9.97. The number of urea groups is 1. The number of carboxylic acids is 1. The van der Waals surface area contributed by atoms with Gasteiger partial charge in [0.1, 0.15) is 17.2 Å². The first-order chi connectivity index (χ1) is 16.9. The third-order valence-corrected chi connectivity index (χ3v) is 6.92. The number of carboxylic acid groups (broad SMARTS) is 1. The molecule has 0 unspecified atom stereocenters. The Hall–Kier alpha value is -3.88. The number of amides is 2. The molecule has 2 amide bonds. The van der Waals surface area contributed by atoms with E-state index >= 15 is 0 Å². The Balaban J connectivity index is 1.34. The summed E-state index contributed by atoms with van der Waals surface area (Å²) in [6.07, 6.45) is 5.40. The van der Waals surface area contributed by atoms with Crippen molar-refractivity contribution in [3.8, 4) is 16.9 Å². The Kier molecular flexibility index (Phi) is 6.15. The van der Waals surface area contributed by atoms with Gasteiger partial charge in [-0.1, -0.05) is 6.08 Å². The summed E-state index contributed by atoms with van der Waals surface area (Å²) >= 11 is 0. The third kappa shape index (κ3) is 4.45. The molecule has 2 N–H and O–H groups in total. The molecule has 2 aliphatic heterocycles. The molecule has 182 valence electrons. The Morgan fingerprint density at radius 2 is 1.91 bits per heavy atom. The van der Waals surface area contributed by atoms with Gasteiger partial charge in [-0.15, -0.1) is 0 Å². The number of aliphatic carboxylic acids is 1. The average Bonchev–Trinajstić information content (AvgIpc) is 3.33. The topological polar surface area (TPSA) is 98.8 Å². The van der Waals surface area contributed by atoms with Crippen LogP contribution in [0, 0.1) is 11.7 Å². The molecule has 3 aromatic rings. The van der Waals surface area contributed by atoms with Crippen molar-refractivity contribution in [2.24, 2.45) is 5.92 Å². The molecule has 0 aliphatic carbocycles. The Morgan fingerprint density at radius 3 is 2.60 bits per heavy atom. The highest BCUT2D eigenvalue weighted by Gasteiger charge is 2.30. The molecule has 0 spiro atoms. The van der Waals surface area contributed by atoms with Crippen molar-refractivity contribution >= 4 is 28.6 Å². The van der Waals surface area contributed by atoms with Crippen LogP contribution in [0.3, 0.4) is 0 Å². The zero-order valence-electron chi connectivity index (χ0n) is 19.5. The van der Waals surface area contributed by atoms with Crippen molar-refractivity contribution < 1.29 is 23.8 Å². The Labute approximate surface area is 202 Å². The van der Waals surface area contributed by atoms with Crippen molar-refractivity contribution in [3.63, 3.8) is 0 Å². The fourth-order valence-corrected chi connectivity index (χ4v) is 4.93. The van der Waals surface area contributed by atoms with Gasteiger partial charge in [0.2, 0.25) is 0 Å². The van der Waals surface area contributed by atoms with Crippen LogP contribution in [0.1, 0.15) is 25.0 Å². The quantitative estimate of drug-likeness (QED) is 0.580. The lowest BCUT2D eigenvalue weighted by Gasteiger charge is -2.35. The lowest BCUT2D eigenvalue weighted by Crippen LogP contribution is -2.48. The van der Waals surface area contributed by atoms with E-state index in [1.54, 1.807) is 29.2 Å². The van der Waals surface area contributed by atoms with Crippen molar-refractivity contribution in [1.29, 1.82) is 0 Å². The summed E-state index contributed by atoms with van der Waals surface area (Å²) in [7, 11) is 1.56. The molecule has 1 aromatic carbocycles. The average molecular weight is 479 g/mol. The zero-order chi connectivity index (χ0) is 24.5. The third-order valence-electron chi connectivity index (χ3n) is 6.92. The van der Waals surface area contributed by atoms with Crippen molar-refractivity contribution in [2.75, 3.05) is 33.3 Å². The molecular formula is C26H27FN4O4. The second-order valence-corrected chi connectivity index (χ2v) is 8.96. The number of methoxy groups -OCH3 is 1. The van der Waals surface area contributed by atoms with Gasteiger partial charge in [0.05, 0.1) is 13.0 Å². The number of nitrogens with zero attached hydrogens (tertiary/aromatic N) is 3. The van der Waals surface area contributed by atoms with Crippen LogP contribution in [-0.4, -0.2) is 70.2 Å². The predicted molar refractivity (Wildman–Crippen MR) is 130 cm³/mol. The maximum Gasteiger partial charge on any atom is 0.320 e. The van der Waals surface area contributed by atoms with Gasteiger partial charge in [0.15, 0.2) is 0 Å². The van der Waals surface area contributed by atoms with E-state index in [1.165, 1.54) is 12.1 Å². The molecule has 1 fully saturated rings. The molecule has 2 aromatic heterocycles. The fourth-order valence-electron chi connectivity index (χ4n) is 4.93. The number of nitrogens with one attached hydrogen (secondary N) is 1. The number of piperidine rings is 1. The molecule has 0 radical (unpaired) electrons. The van der Waals surface area contributed by atoms with E-state index in [0.29, 0.717) is 62.4 Å². The molecule has 2 aliphatic rings. The molecule has 1 saturated heterocycles. The summed E-state index contributed by atoms with van der Waals surface area (Å²) in [4.78, 5) is 35.5. The largest absolute Gasteiger partial charge is 0.496 e. The van der Waals surface area contributed by atoms with Gasteiger partial charge in [0.25, 0.3) is 0 Å². The van der Waals surface area contributed by atoms with Crippen molar-refractivity contribution in [2.45, 2.75) is 19.3 Å². The minimum Gasteiger partial charge on any atom is -0.496 e. The molecule has 0 bridgehead atoms. The number of carbonyl (C=O) groups excluding carboxylic acids is 1. The summed E-state index contributed by atoms with van der Waals surface area (Å²) in [5.74, 6) is -0.900. The highest BCUT2D eigenvalue weighted by Crippen LogP contribution is 2.36. The van der Waals surface area contributed by atoms with Crippen LogP contribution in [-0.2, 0) is 4.79 Å². The molecule has 0 saturated carbocycles. The molecule has 8 nitrogen and oxygen atoms in total. The molecule has 9 heteroatoms. The van der Waals surface area contributed by atoms with E-state index in [2.05, 4.69) is 9.97 Å². The van der Waals surface area contributed by atoms with E-state index in [0.717, 1.165) is 22.2 Å². The number of H-pyrrole nitrogens is 1. The number of benzene rings is 1. The lowest BCUT2D eigenvalue weighted by molar-refractivity contribution is -0.143. The van der Waals surface area contributed by atoms with Gasteiger partial charge in [-0.3, -0.25) is 4.79 Å². The van der Waals surface area contributed by atoms with E-state index in [1.807, 2.05) is 18.2 Å². The van der Waals surface area contributed by atoms with Gasteiger partial charge >= 0.3 is 12.0 Å². The van der Waals surface area contributed by atoms with Gasteiger partial charge in [-0.2, -0.15) is 0 Å². The molecule has 4 heterocycles. The Bertz CT molecular complexity index is 1310. The van der Waals surface area contributed by atoms with Crippen molar-refractivity contribution in [3.05, 3.63) is 54.1 Å². The molecule has 5 rings (SSSR count). The Morgan fingerprint density at radius 1 is 1.11 bits per heavy atom. The summed E-state index contributed by atoms with van der Waals surface area (Å²) in [5.41, 5.74) is 4.20. The first kappa shape index (κ1) is 22.9. The first-order valence-electron chi connectivity index (χ1n) is 11.7. The second-order valence-electron chi connectivity index (χ2n) is 8.96. The number of hydrogen-bond acceptors (Lipinski definition) is 4. The standard InChI is InChI=1S/C26H27FN4O4/c1-35-23-3-2-18(27)14-20(23)19-4-9-28-24-21(19)15-22(29-24)16-5-10-30(11-6-16)26(34)31-12-7-17(8-13-31)25(32)33/h2-5,9,14-15,17H,6-8,10-13H2,1H3,(H,28,29)(H,32,33). The van der Waals surface area contributed by atoms with Crippen LogP contribution < -0.4 is 4.74 Å². The number of hydrogen-bond donors (Lipinski definition) is 2. The minimum absolute atomic E-state index is 0.0389. The van der Waals surface area contributed by atoms with E-state index < -0.39 is 5.97 Å². The van der Waals surface area contributed by atoms with Crippen LogP contribution in [0.15, 0.2) is 42.6 Å². The normalized spacial score (nSPS) is 16.9. The van der Waals surface area contributed by atoms with Crippen LogP contribution in [0.25, 0.3) is 27.7 Å². The second kappa shape index (κ2) is 9.40. The van der Waals surface area contributed by atoms with Crippen LogP contribution in [0.2, 0.25) is 0 Å². The molecule has 0 atom stereocenters. The van der Waals surface area contributed by atoms with Crippen molar-refractivity contribution in [1.82, 2.24) is 19.8 Å². The van der Waals surface area contributed by atoms with Gasteiger partial charge in [0, 0.05) is 49.0 Å². The SMILES string of the molecule is COc1ccc(F)cc1-c1ccnc2[nH]c(C3=CCN(C(=O)N4CCC(C(=O)O)CC4)CC3)cc12. The van der Waals surface area contributed by atoms with E-state index in [9.17, 15) is 14.0 Å². The van der Waals surface area contributed by atoms with Crippen LogP contribution >= 0.6 is 0 Å². The predicted octanol–water partition coefficient (Wildman–Crippen LogP) is 4.38. The molecular weight excluding hydrogens is 451 g/mol. The number of fused-ring (bicyclic) bond motifs is 1. The van der Waals surface area contributed by atoms with Crippen LogP contribution in [0.4, 0.5) is 9.18 Å². The summed E-state index contributed by atoms with van der Waals surface area (Å²) in [6, 6.07) is 8.27. The fraction of sp³-hybridized carbons (Fsp3) is 0.346. The van der Waals surface area contributed by atoms with E-state index in [-0.39, 0.29) is 17.8 Å². The maximum atomic E-state index is 14.0.